The summed E-state index contributed by atoms with van der Waals surface area (Å²) >= 11 is 0. The molecule has 0 aliphatic heterocycles. The van der Waals surface area contributed by atoms with Crippen LogP contribution in [-0.2, 0) is 16.2 Å². The van der Waals surface area contributed by atoms with Gasteiger partial charge in [0.2, 0.25) is 0 Å². The van der Waals surface area contributed by atoms with E-state index in [1.54, 1.807) is 0 Å². The molecule has 0 nitrogen and oxygen atoms in total. The van der Waals surface area contributed by atoms with Gasteiger partial charge in [0.1, 0.15) is 0 Å². The molecule has 1 spiro atoms. The van der Waals surface area contributed by atoms with Gasteiger partial charge in [0.15, 0.2) is 0 Å². The van der Waals surface area contributed by atoms with Gasteiger partial charge in [-0.25, -0.2) is 0 Å². The molecule has 58 heavy (non-hydrogen) atoms. The van der Waals surface area contributed by atoms with Crippen molar-refractivity contribution < 1.29 is 0 Å². The fourth-order valence-electron chi connectivity index (χ4n) is 10.9. The Morgan fingerprint density at radius 1 is 0.310 bits per heavy atom. The SMILES string of the molecule is CC1(C)c2ccccc2C2(c3ccccc3-c3cc(-c4ccc(-c5ccc(C(C)(c6ccccc6)c6ccccc6)cc5)c5ccccc45)ccc32)c2ccccc21. The predicted molar refractivity (Wildman–Crippen MR) is 243 cm³/mol. The summed E-state index contributed by atoms with van der Waals surface area (Å²) in [5.74, 6) is 0. The van der Waals surface area contributed by atoms with E-state index in [4.69, 9.17) is 0 Å². The van der Waals surface area contributed by atoms with E-state index in [1.165, 1.54) is 94.2 Å². The van der Waals surface area contributed by atoms with Crippen molar-refractivity contribution in [1.82, 2.24) is 0 Å². The number of hydrogen-bond donors (Lipinski definition) is 0. The molecule has 9 aromatic carbocycles. The van der Waals surface area contributed by atoms with Crippen molar-refractivity contribution in [2.24, 2.45) is 0 Å². The molecule has 2 aliphatic carbocycles. The summed E-state index contributed by atoms with van der Waals surface area (Å²) in [6.45, 7) is 7.12. The van der Waals surface area contributed by atoms with Gasteiger partial charge in [0, 0.05) is 10.8 Å². The smallest absolute Gasteiger partial charge is 0.0622 e. The van der Waals surface area contributed by atoms with Gasteiger partial charge in [-0.1, -0.05) is 220 Å². The summed E-state index contributed by atoms with van der Waals surface area (Å²) in [5, 5.41) is 2.52. The van der Waals surface area contributed by atoms with Gasteiger partial charge in [0.25, 0.3) is 0 Å². The van der Waals surface area contributed by atoms with Crippen LogP contribution in [0.25, 0.3) is 44.2 Å². The molecular formula is C58H44. The molecule has 0 aromatic heterocycles. The van der Waals surface area contributed by atoms with Crippen LogP contribution in [0, 0.1) is 0 Å². The Balaban J connectivity index is 1.05. The molecule has 0 unspecified atom stereocenters. The van der Waals surface area contributed by atoms with Gasteiger partial charge >= 0.3 is 0 Å². The molecule has 0 heteroatoms. The summed E-state index contributed by atoms with van der Waals surface area (Å²) in [6.07, 6.45) is 0. The first-order valence-electron chi connectivity index (χ1n) is 20.6. The van der Waals surface area contributed by atoms with E-state index in [9.17, 15) is 0 Å². The van der Waals surface area contributed by atoms with Crippen LogP contribution in [0.1, 0.15) is 70.8 Å². The highest BCUT2D eigenvalue weighted by Gasteiger charge is 2.53. The highest BCUT2D eigenvalue weighted by Crippen LogP contribution is 2.62. The van der Waals surface area contributed by atoms with Gasteiger partial charge in [-0.2, -0.15) is 0 Å². The Labute approximate surface area is 342 Å². The van der Waals surface area contributed by atoms with Crippen molar-refractivity contribution in [2.75, 3.05) is 0 Å². The van der Waals surface area contributed by atoms with Gasteiger partial charge < -0.3 is 0 Å². The molecule has 2 aliphatic rings. The van der Waals surface area contributed by atoms with Crippen molar-refractivity contribution in [1.29, 1.82) is 0 Å². The zero-order chi connectivity index (χ0) is 39.1. The predicted octanol–water partition coefficient (Wildman–Crippen LogP) is 14.5. The Bertz CT molecular complexity index is 2930. The van der Waals surface area contributed by atoms with Crippen molar-refractivity contribution >= 4 is 10.8 Å². The lowest BCUT2D eigenvalue weighted by molar-refractivity contribution is 0.563. The Kier molecular flexibility index (Phi) is 7.66. The van der Waals surface area contributed by atoms with Crippen molar-refractivity contribution in [2.45, 2.75) is 37.0 Å². The quantitative estimate of drug-likeness (QED) is 0.154. The maximum atomic E-state index is 2.47. The summed E-state index contributed by atoms with van der Waals surface area (Å²) in [6, 6.07) is 79.4. The topological polar surface area (TPSA) is 0 Å². The zero-order valence-electron chi connectivity index (χ0n) is 33.2. The lowest BCUT2D eigenvalue weighted by Crippen LogP contribution is -2.40. The monoisotopic (exact) mass is 740 g/mol. The summed E-state index contributed by atoms with van der Waals surface area (Å²) < 4.78 is 0. The van der Waals surface area contributed by atoms with E-state index in [0.717, 1.165) is 0 Å². The van der Waals surface area contributed by atoms with Crippen molar-refractivity contribution in [3.63, 3.8) is 0 Å². The van der Waals surface area contributed by atoms with Gasteiger partial charge in [0.05, 0.1) is 5.41 Å². The van der Waals surface area contributed by atoms with Crippen LogP contribution in [-0.4, -0.2) is 0 Å². The molecule has 11 rings (SSSR count). The second kappa shape index (κ2) is 12.9. The van der Waals surface area contributed by atoms with E-state index in [1.807, 2.05) is 0 Å². The van der Waals surface area contributed by atoms with Crippen LogP contribution in [0.15, 0.2) is 212 Å². The van der Waals surface area contributed by atoms with E-state index in [0.29, 0.717) is 0 Å². The molecule has 276 valence electrons. The standard InChI is InChI=1S/C58H44/c1-56(2)52-26-14-16-28-54(52)58(55-29-17-15-27-53(55)56)50-25-13-12-24-48(50)49-38-40(32-37-51(49)58)45-36-35-44(46-22-10-11-23-47(45)46)39-30-33-43(34-31-39)57(3,41-18-6-4-7-19-41)42-20-8-5-9-21-42/h4-38H,1-3H3. The highest BCUT2D eigenvalue weighted by molar-refractivity contribution is 6.05. The van der Waals surface area contributed by atoms with Crippen LogP contribution >= 0.6 is 0 Å². The van der Waals surface area contributed by atoms with Crippen LogP contribution < -0.4 is 0 Å². The molecule has 0 atom stereocenters. The third kappa shape index (κ3) is 4.75. The van der Waals surface area contributed by atoms with Gasteiger partial charge in [-0.05, 0) is 107 Å². The average Bonchev–Trinajstić information content (AvgIpc) is 3.58. The number of hydrogen-bond acceptors (Lipinski definition) is 0. The van der Waals surface area contributed by atoms with Crippen LogP contribution in [0.5, 0.6) is 0 Å². The molecule has 0 fully saturated rings. The fraction of sp³-hybridized carbons (Fsp3) is 0.103. The minimum atomic E-state index is -0.387. The first-order valence-corrected chi connectivity index (χ1v) is 20.6. The minimum Gasteiger partial charge on any atom is -0.0622 e. The first kappa shape index (κ1) is 34.5. The molecule has 9 aromatic rings. The number of fused-ring (bicyclic) bond motifs is 10. The lowest BCUT2D eigenvalue weighted by Gasteiger charge is -2.46. The summed E-state index contributed by atoms with van der Waals surface area (Å²) in [5.41, 5.74) is 19.0. The average molecular weight is 741 g/mol. The maximum Gasteiger partial charge on any atom is 0.0719 e. The highest BCUT2D eigenvalue weighted by atomic mass is 14.5. The molecule has 0 saturated heterocycles. The van der Waals surface area contributed by atoms with E-state index < -0.39 is 0 Å². The molecule has 0 saturated carbocycles. The van der Waals surface area contributed by atoms with E-state index in [2.05, 4.69) is 233 Å². The Hall–Kier alpha value is -6.76. The van der Waals surface area contributed by atoms with E-state index >= 15 is 0 Å². The fourth-order valence-corrected chi connectivity index (χ4v) is 10.9. The molecule has 0 amide bonds. The second-order valence-electron chi connectivity index (χ2n) is 16.9. The van der Waals surface area contributed by atoms with Crippen LogP contribution in [0.2, 0.25) is 0 Å². The molecule has 0 heterocycles. The number of rotatable bonds is 5. The summed E-state index contributed by atoms with van der Waals surface area (Å²) in [4.78, 5) is 0. The Morgan fingerprint density at radius 2 is 0.724 bits per heavy atom. The van der Waals surface area contributed by atoms with Gasteiger partial charge in [-0.3, -0.25) is 0 Å². The van der Waals surface area contributed by atoms with Crippen molar-refractivity contribution in [3.05, 3.63) is 262 Å². The molecular weight excluding hydrogens is 697 g/mol. The number of benzene rings is 9. The molecule has 0 N–H and O–H groups in total. The summed E-state index contributed by atoms with van der Waals surface area (Å²) in [7, 11) is 0. The second-order valence-corrected chi connectivity index (χ2v) is 16.9. The normalized spacial score (nSPS) is 14.4. The minimum absolute atomic E-state index is 0.111. The Morgan fingerprint density at radius 3 is 1.29 bits per heavy atom. The van der Waals surface area contributed by atoms with E-state index in [-0.39, 0.29) is 16.2 Å². The third-order valence-electron chi connectivity index (χ3n) is 13.8. The largest absolute Gasteiger partial charge is 0.0719 e. The van der Waals surface area contributed by atoms with Crippen LogP contribution in [0.3, 0.4) is 0 Å². The molecule has 0 bridgehead atoms. The lowest BCUT2D eigenvalue weighted by atomic mass is 9.55. The van der Waals surface area contributed by atoms with Crippen LogP contribution in [0.4, 0.5) is 0 Å². The zero-order valence-corrected chi connectivity index (χ0v) is 33.2. The third-order valence-corrected chi connectivity index (χ3v) is 13.8. The van der Waals surface area contributed by atoms with Crippen molar-refractivity contribution in [3.8, 4) is 33.4 Å². The van der Waals surface area contributed by atoms with Gasteiger partial charge in [-0.15, -0.1) is 0 Å². The molecule has 0 radical (unpaired) electrons. The maximum absolute atomic E-state index is 2.47. The first-order chi connectivity index (χ1) is 28.4.